The molecule has 0 spiro atoms. The van der Waals surface area contributed by atoms with E-state index in [4.69, 9.17) is 0 Å². The van der Waals surface area contributed by atoms with Crippen LogP contribution in [0, 0.1) is 5.82 Å². The summed E-state index contributed by atoms with van der Waals surface area (Å²) >= 11 is 1.50. The highest BCUT2D eigenvalue weighted by atomic mass is 32.2. The fraction of sp³-hybridized carbons (Fsp3) is 0.200. The number of aryl methyl sites for hydroxylation is 1. The SMILES string of the molecule is CCc1ccc(C(NS(=O)(=O)Cc2cccc(F)c2)c2cccs2)cc1. The molecule has 3 aromatic rings. The van der Waals surface area contributed by atoms with E-state index in [1.165, 1.54) is 35.1 Å². The molecule has 1 atom stereocenters. The summed E-state index contributed by atoms with van der Waals surface area (Å²) in [6.07, 6.45) is 0.926. The molecule has 0 aliphatic carbocycles. The van der Waals surface area contributed by atoms with Crippen molar-refractivity contribution in [3.05, 3.63) is 93.4 Å². The van der Waals surface area contributed by atoms with Crippen molar-refractivity contribution < 1.29 is 12.8 Å². The van der Waals surface area contributed by atoms with Crippen molar-refractivity contribution in [2.45, 2.75) is 25.1 Å². The minimum Gasteiger partial charge on any atom is -0.212 e. The van der Waals surface area contributed by atoms with Crippen LogP contribution in [0.1, 0.15) is 34.5 Å². The molecule has 1 unspecified atom stereocenters. The molecular formula is C20H20FNO2S2. The van der Waals surface area contributed by atoms with Crippen molar-refractivity contribution in [1.82, 2.24) is 4.72 Å². The van der Waals surface area contributed by atoms with Gasteiger partial charge in [-0.2, -0.15) is 0 Å². The van der Waals surface area contributed by atoms with Gasteiger partial charge in [0, 0.05) is 4.88 Å². The van der Waals surface area contributed by atoms with Crippen molar-refractivity contribution in [3.8, 4) is 0 Å². The summed E-state index contributed by atoms with van der Waals surface area (Å²) in [5.41, 5.74) is 2.50. The van der Waals surface area contributed by atoms with Crippen LogP contribution in [0.4, 0.5) is 4.39 Å². The smallest absolute Gasteiger partial charge is 0.212 e. The first-order valence-electron chi connectivity index (χ1n) is 8.33. The summed E-state index contributed by atoms with van der Waals surface area (Å²) in [6.45, 7) is 2.08. The van der Waals surface area contributed by atoms with Crippen LogP contribution in [0.3, 0.4) is 0 Å². The van der Waals surface area contributed by atoms with Gasteiger partial charge in [-0.25, -0.2) is 17.5 Å². The summed E-state index contributed by atoms with van der Waals surface area (Å²) in [7, 11) is -3.65. The molecule has 0 fully saturated rings. The molecule has 0 amide bonds. The average molecular weight is 390 g/mol. The molecule has 6 heteroatoms. The minimum absolute atomic E-state index is 0.264. The first-order chi connectivity index (χ1) is 12.5. The third-order valence-corrected chi connectivity index (χ3v) is 6.34. The zero-order chi connectivity index (χ0) is 18.6. The maximum atomic E-state index is 13.4. The van der Waals surface area contributed by atoms with Crippen LogP contribution in [0.5, 0.6) is 0 Å². The van der Waals surface area contributed by atoms with E-state index in [0.717, 1.165) is 16.9 Å². The van der Waals surface area contributed by atoms with Crippen molar-refractivity contribution in [2.75, 3.05) is 0 Å². The number of rotatable bonds is 7. The first-order valence-corrected chi connectivity index (χ1v) is 10.9. The molecule has 0 saturated carbocycles. The summed E-state index contributed by atoms with van der Waals surface area (Å²) in [4.78, 5) is 0.914. The summed E-state index contributed by atoms with van der Waals surface area (Å²) < 4.78 is 41.5. The van der Waals surface area contributed by atoms with Gasteiger partial charge in [0.05, 0.1) is 11.8 Å². The first kappa shape index (κ1) is 18.8. The molecule has 0 aliphatic heterocycles. The van der Waals surface area contributed by atoms with Crippen LogP contribution < -0.4 is 4.72 Å². The molecule has 3 rings (SSSR count). The van der Waals surface area contributed by atoms with E-state index in [2.05, 4.69) is 11.6 Å². The monoisotopic (exact) mass is 389 g/mol. The average Bonchev–Trinajstić information content (AvgIpc) is 3.14. The summed E-state index contributed by atoms with van der Waals surface area (Å²) in [6, 6.07) is 16.9. The number of thiophene rings is 1. The van der Waals surface area contributed by atoms with Crippen LogP contribution in [-0.2, 0) is 22.2 Å². The summed E-state index contributed by atoms with van der Waals surface area (Å²) in [5, 5.41) is 1.92. The molecule has 0 aliphatic rings. The van der Waals surface area contributed by atoms with Gasteiger partial charge in [0.25, 0.3) is 0 Å². The Balaban J connectivity index is 1.87. The molecule has 1 heterocycles. The van der Waals surface area contributed by atoms with Crippen LogP contribution in [0.25, 0.3) is 0 Å². The second kappa shape index (κ2) is 8.12. The Hall–Kier alpha value is -2.02. The molecule has 0 saturated heterocycles. The molecule has 0 bridgehead atoms. The second-order valence-corrected chi connectivity index (χ2v) is 8.78. The number of halogens is 1. The molecule has 0 radical (unpaired) electrons. The van der Waals surface area contributed by atoms with E-state index in [1.807, 2.05) is 41.8 Å². The lowest BCUT2D eigenvalue weighted by Crippen LogP contribution is -2.30. The Kier molecular flexibility index (Phi) is 5.86. The number of sulfonamides is 1. The number of benzene rings is 2. The lowest BCUT2D eigenvalue weighted by atomic mass is 10.0. The topological polar surface area (TPSA) is 46.2 Å². The molecule has 1 aromatic heterocycles. The molecule has 1 N–H and O–H groups in total. The maximum Gasteiger partial charge on any atom is 0.216 e. The largest absolute Gasteiger partial charge is 0.216 e. The second-order valence-electron chi connectivity index (χ2n) is 6.05. The summed E-state index contributed by atoms with van der Waals surface area (Å²) in [5.74, 6) is -0.706. The molecule has 3 nitrogen and oxygen atoms in total. The fourth-order valence-electron chi connectivity index (χ4n) is 2.76. The molecule has 2 aromatic carbocycles. The van der Waals surface area contributed by atoms with Crippen molar-refractivity contribution in [2.24, 2.45) is 0 Å². The molecule has 136 valence electrons. The normalized spacial score (nSPS) is 12.8. The highest BCUT2D eigenvalue weighted by Crippen LogP contribution is 2.27. The zero-order valence-electron chi connectivity index (χ0n) is 14.4. The number of nitrogens with one attached hydrogen (secondary N) is 1. The highest BCUT2D eigenvalue weighted by Gasteiger charge is 2.22. The third-order valence-electron chi connectivity index (χ3n) is 4.09. The Morgan fingerprint density at radius 3 is 2.42 bits per heavy atom. The van der Waals surface area contributed by atoms with Gasteiger partial charge < -0.3 is 0 Å². The third kappa shape index (κ3) is 4.78. The Bertz CT molecular complexity index is 952. The van der Waals surface area contributed by atoms with Gasteiger partial charge >= 0.3 is 0 Å². The van der Waals surface area contributed by atoms with Gasteiger partial charge in [-0.05, 0) is 46.7 Å². The minimum atomic E-state index is -3.65. The van der Waals surface area contributed by atoms with Gasteiger partial charge in [0.1, 0.15) is 5.82 Å². The molecular weight excluding hydrogens is 369 g/mol. The standard InChI is InChI=1S/C20H20FNO2S2/c1-2-15-8-10-17(11-9-15)20(19-7-4-12-25-19)22-26(23,24)14-16-5-3-6-18(21)13-16/h3-13,20,22H,2,14H2,1H3. The van der Waals surface area contributed by atoms with E-state index in [-0.39, 0.29) is 5.75 Å². The Labute approximate surface area is 157 Å². The van der Waals surface area contributed by atoms with E-state index < -0.39 is 21.9 Å². The fourth-order valence-corrected chi connectivity index (χ4v) is 4.96. The lowest BCUT2D eigenvalue weighted by molar-refractivity contribution is 0.572. The zero-order valence-corrected chi connectivity index (χ0v) is 16.0. The van der Waals surface area contributed by atoms with Crippen LogP contribution in [0.2, 0.25) is 0 Å². The van der Waals surface area contributed by atoms with Crippen molar-refractivity contribution in [1.29, 1.82) is 0 Å². The van der Waals surface area contributed by atoms with E-state index in [9.17, 15) is 12.8 Å². The maximum absolute atomic E-state index is 13.4. The quantitative estimate of drug-likeness (QED) is 0.639. The van der Waals surface area contributed by atoms with Crippen LogP contribution in [-0.4, -0.2) is 8.42 Å². The predicted octanol–water partition coefficient (Wildman–Crippen LogP) is 4.66. The van der Waals surface area contributed by atoms with Gasteiger partial charge in [-0.1, -0.05) is 49.4 Å². The lowest BCUT2D eigenvalue weighted by Gasteiger charge is -2.18. The number of hydrogen-bond acceptors (Lipinski definition) is 3. The van der Waals surface area contributed by atoms with Gasteiger partial charge in [-0.3, -0.25) is 0 Å². The van der Waals surface area contributed by atoms with Gasteiger partial charge in [-0.15, -0.1) is 11.3 Å². The molecule has 26 heavy (non-hydrogen) atoms. The Morgan fingerprint density at radius 2 is 1.81 bits per heavy atom. The van der Waals surface area contributed by atoms with Crippen LogP contribution in [0.15, 0.2) is 66.0 Å². The number of hydrogen-bond donors (Lipinski definition) is 1. The highest BCUT2D eigenvalue weighted by molar-refractivity contribution is 7.88. The van der Waals surface area contributed by atoms with Gasteiger partial charge in [0.2, 0.25) is 10.0 Å². The van der Waals surface area contributed by atoms with E-state index >= 15 is 0 Å². The van der Waals surface area contributed by atoms with Gasteiger partial charge in [0.15, 0.2) is 0 Å². The Morgan fingerprint density at radius 1 is 1.04 bits per heavy atom. The van der Waals surface area contributed by atoms with Crippen molar-refractivity contribution in [3.63, 3.8) is 0 Å². The van der Waals surface area contributed by atoms with E-state index in [1.54, 1.807) is 6.07 Å². The predicted molar refractivity (Wildman–Crippen MR) is 104 cm³/mol. The van der Waals surface area contributed by atoms with Crippen LogP contribution >= 0.6 is 11.3 Å². The van der Waals surface area contributed by atoms with E-state index in [0.29, 0.717) is 5.56 Å². The van der Waals surface area contributed by atoms with Crippen molar-refractivity contribution >= 4 is 21.4 Å².